The maximum atomic E-state index is 2.47. The van der Waals surface area contributed by atoms with Crippen LogP contribution in [0.4, 0.5) is 0 Å². The predicted molar refractivity (Wildman–Crippen MR) is 128 cm³/mol. The van der Waals surface area contributed by atoms with Gasteiger partial charge in [0.25, 0.3) is 0 Å². The van der Waals surface area contributed by atoms with Gasteiger partial charge in [-0.15, -0.1) is 0 Å². The summed E-state index contributed by atoms with van der Waals surface area (Å²) >= 11 is 0. The number of aryl methyl sites for hydroxylation is 3. The fourth-order valence-electron chi connectivity index (χ4n) is 4.67. The number of fused-ring (bicyclic) bond motifs is 1. The highest BCUT2D eigenvalue weighted by atomic mass is 15.0. The molecule has 0 unspecified atom stereocenters. The molecule has 2 aromatic heterocycles. The van der Waals surface area contributed by atoms with Crippen molar-refractivity contribution in [1.29, 1.82) is 0 Å². The summed E-state index contributed by atoms with van der Waals surface area (Å²) in [6.07, 6.45) is 0. The summed E-state index contributed by atoms with van der Waals surface area (Å²) in [5, 5.41) is 0. The topological polar surface area (TPSA) is 8.81 Å². The van der Waals surface area contributed by atoms with Crippen molar-refractivity contribution in [2.24, 2.45) is 7.05 Å². The van der Waals surface area contributed by atoms with E-state index in [4.69, 9.17) is 0 Å². The first-order valence-corrected chi connectivity index (χ1v) is 11.0. The highest BCUT2D eigenvalue weighted by molar-refractivity contribution is 5.80. The molecular weight excluding hydrogens is 364 g/mol. The number of nitrogens with zero attached hydrogens (tertiary/aromatic N) is 2. The van der Waals surface area contributed by atoms with Crippen LogP contribution in [0.15, 0.2) is 60.7 Å². The van der Waals surface area contributed by atoms with Crippen LogP contribution in [0.1, 0.15) is 61.9 Å². The van der Waals surface area contributed by atoms with Gasteiger partial charge in [0.1, 0.15) is 12.6 Å². The van der Waals surface area contributed by atoms with Gasteiger partial charge >= 0.3 is 0 Å². The Kier molecular flexibility index (Phi) is 5.27. The first-order valence-electron chi connectivity index (χ1n) is 11.0. The third-order valence-corrected chi connectivity index (χ3v) is 6.31. The van der Waals surface area contributed by atoms with Crippen LogP contribution in [-0.2, 0) is 7.05 Å². The van der Waals surface area contributed by atoms with E-state index < -0.39 is 0 Å². The third-order valence-electron chi connectivity index (χ3n) is 6.31. The van der Waals surface area contributed by atoms with Crippen LogP contribution in [0.25, 0.3) is 28.0 Å². The molecule has 2 heteroatoms. The van der Waals surface area contributed by atoms with Crippen LogP contribution in [0.2, 0.25) is 0 Å². The Balaban J connectivity index is 2.03. The summed E-state index contributed by atoms with van der Waals surface area (Å²) in [4.78, 5) is 0. The van der Waals surface area contributed by atoms with Crippen molar-refractivity contribution in [1.82, 2.24) is 4.57 Å². The van der Waals surface area contributed by atoms with Gasteiger partial charge in [-0.1, -0.05) is 64.1 Å². The number of hydrogen-bond acceptors (Lipinski definition) is 0. The van der Waals surface area contributed by atoms with Crippen molar-refractivity contribution >= 4 is 11.0 Å². The van der Waals surface area contributed by atoms with Crippen LogP contribution in [0.3, 0.4) is 0 Å². The molecule has 0 radical (unpaired) electrons. The highest BCUT2D eigenvalue weighted by Gasteiger charge is 2.23. The molecule has 0 aliphatic heterocycles. The zero-order chi connectivity index (χ0) is 21.6. The largest absolute Gasteiger partial charge is 0.308 e. The van der Waals surface area contributed by atoms with Crippen LogP contribution >= 0.6 is 0 Å². The Morgan fingerprint density at radius 1 is 0.767 bits per heavy atom. The van der Waals surface area contributed by atoms with E-state index in [0.29, 0.717) is 11.8 Å². The smallest absolute Gasteiger partial charge is 0.231 e. The number of pyridine rings is 1. The molecule has 2 heterocycles. The minimum atomic E-state index is 0.468. The van der Waals surface area contributed by atoms with E-state index in [9.17, 15) is 0 Å². The molecule has 0 bridgehead atoms. The van der Waals surface area contributed by atoms with Crippen LogP contribution in [0, 0.1) is 13.8 Å². The molecule has 0 spiro atoms. The second-order valence-electron chi connectivity index (χ2n) is 9.08. The Morgan fingerprint density at radius 3 is 2.00 bits per heavy atom. The molecule has 30 heavy (non-hydrogen) atoms. The second-order valence-corrected chi connectivity index (χ2v) is 9.08. The van der Waals surface area contributed by atoms with Gasteiger partial charge in [0.15, 0.2) is 0 Å². The summed E-state index contributed by atoms with van der Waals surface area (Å²) in [6.45, 7) is 13.6. The first-order chi connectivity index (χ1) is 14.3. The molecule has 0 saturated carbocycles. The predicted octanol–water partition coefficient (Wildman–Crippen LogP) is 6.99. The van der Waals surface area contributed by atoms with Gasteiger partial charge in [-0.05, 0) is 54.5 Å². The van der Waals surface area contributed by atoms with Crippen LogP contribution in [0.5, 0.6) is 0 Å². The first kappa shape index (κ1) is 20.4. The van der Waals surface area contributed by atoms with Crippen molar-refractivity contribution < 1.29 is 4.57 Å². The molecule has 2 nitrogen and oxygen atoms in total. The molecule has 0 aliphatic rings. The Bertz CT molecular complexity index is 1200. The number of aromatic nitrogens is 2. The standard InChI is InChI=1S/C28H33N2/c1-18(2)22-13-10-14-23(19(3)4)28(22)30-21(6)17-27-26(30)16-15-25(29(27)7)24-12-9-8-11-20(24)5/h8-19H,1-7H3/q+1. The quantitative estimate of drug-likeness (QED) is 0.328. The van der Waals surface area contributed by atoms with E-state index >= 15 is 0 Å². The van der Waals surface area contributed by atoms with Crippen molar-refractivity contribution in [3.63, 3.8) is 0 Å². The van der Waals surface area contributed by atoms with Gasteiger partial charge in [0.05, 0.1) is 5.69 Å². The summed E-state index contributed by atoms with van der Waals surface area (Å²) in [6, 6.07) is 22.3. The van der Waals surface area contributed by atoms with Crippen molar-refractivity contribution in [3.8, 4) is 16.9 Å². The lowest BCUT2D eigenvalue weighted by molar-refractivity contribution is -0.633. The van der Waals surface area contributed by atoms with E-state index in [1.54, 1.807) is 0 Å². The minimum Gasteiger partial charge on any atom is -0.308 e. The lowest BCUT2D eigenvalue weighted by Gasteiger charge is -2.22. The molecule has 0 amide bonds. The lowest BCUT2D eigenvalue weighted by atomic mass is 9.92. The number of benzene rings is 2. The lowest BCUT2D eigenvalue weighted by Crippen LogP contribution is -2.31. The minimum absolute atomic E-state index is 0.468. The van der Waals surface area contributed by atoms with Crippen LogP contribution < -0.4 is 4.57 Å². The number of para-hydroxylation sites is 1. The molecular formula is C28H33N2+. The summed E-state index contributed by atoms with van der Waals surface area (Å²) < 4.78 is 4.82. The zero-order valence-corrected chi connectivity index (χ0v) is 19.3. The zero-order valence-electron chi connectivity index (χ0n) is 19.3. The SMILES string of the molecule is Cc1ccccc1-c1ccc2c(cc(C)n2-c2c(C(C)C)cccc2C(C)C)[n+]1C. The van der Waals surface area contributed by atoms with Crippen molar-refractivity contribution in [2.45, 2.75) is 53.4 Å². The fraction of sp³-hybridized carbons (Fsp3) is 0.321. The van der Waals surface area contributed by atoms with Crippen LogP contribution in [-0.4, -0.2) is 4.57 Å². The Morgan fingerprint density at radius 2 is 1.40 bits per heavy atom. The highest BCUT2D eigenvalue weighted by Crippen LogP contribution is 2.35. The van der Waals surface area contributed by atoms with E-state index in [-0.39, 0.29) is 0 Å². The second kappa shape index (κ2) is 7.75. The third kappa shape index (κ3) is 3.25. The van der Waals surface area contributed by atoms with E-state index in [1.807, 2.05) is 0 Å². The van der Waals surface area contributed by atoms with Crippen molar-refractivity contribution in [3.05, 3.63) is 83.0 Å². The summed E-state index contributed by atoms with van der Waals surface area (Å²) in [5.41, 5.74) is 11.8. The normalized spacial score (nSPS) is 11.8. The van der Waals surface area contributed by atoms with Gasteiger partial charge in [0.2, 0.25) is 11.2 Å². The number of hydrogen-bond donors (Lipinski definition) is 0. The molecule has 0 saturated heterocycles. The van der Waals surface area contributed by atoms with Gasteiger partial charge in [0, 0.05) is 23.4 Å². The Labute approximate surface area is 180 Å². The Hall–Kier alpha value is -2.87. The average Bonchev–Trinajstić information content (AvgIpc) is 3.05. The maximum Gasteiger partial charge on any atom is 0.231 e. The molecule has 0 fully saturated rings. The molecule has 154 valence electrons. The fourth-order valence-corrected chi connectivity index (χ4v) is 4.67. The van der Waals surface area contributed by atoms with E-state index in [0.717, 1.165) is 0 Å². The van der Waals surface area contributed by atoms with E-state index in [2.05, 4.69) is 118 Å². The molecule has 0 N–H and O–H groups in total. The molecule has 4 rings (SSSR count). The summed E-state index contributed by atoms with van der Waals surface area (Å²) in [5.74, 6) is 0.936. The molecule has 2 aromatic carbocycles. The molecule has 0 aliphatic carbocycles. The number of rotatable bonds is 4. The average molecular weight is 398 g/mol. The maximum absolute atomic E-state index is 2.47. The summed E-state index contributed by atoms with van der Waals surface area (Å²) in [7, 11) is 2.19. The van der Waals surface area contributed by atoms with Gasteiger partial charge in [-0.3, -0.25) is 0 Å². The molecule has 4 aromatic rings. The van der Waals surface area contributed by atoms with Gasteiger partial charge < -0.3 is 4.57 Å². The van der Waals surface area contributed by atoms with E-state index in [1.165, 1.54) is 50.4 Å². The monoisotopic (exact) mass is 397 g/mol. The molecule has 0 atom stereocenters. The van der Waals surface area contributed by atoms with Gasteiger partial charge in [-0.25, -0.2) is 0 Å². The van der Waals surface area contributed by atoms with Crippen molar-refractivity contribution in [2.75, 3.05) is 0 Å². The van der Waals surface area contributed by atoms with Gasteiger partial charge in [-0.2, -0.15) is 4.57 Å².